The fourth-order valence-corrected chi connectivity index (χ4v) is 4.58. The lowest BCUT2D eigenvalue weighted by atomic mass is 9.77. The minimum atomic E-state index is -6.83. The lowest BCUT2D eigenvalue weighted by molar-refractivity contribution is -0.402. The molecule has 0 saturated heterocycles. The minimum Gasteiger partial charge on any atom is -0.458 e. The van der Waals surface area contributed by atoms with Gasteiger partial charge >= 0.3 is 54.2 Å². The lowest BCUT2D eigenvalue weighted by Gasteiger charge is -2.45. The van der Waals surface area contributed by atoms with Crippen molar-refractivity contribution < 1.29 is 90.8 Å². The second-order valence-corrected chi connectivity index (χ2v) is 12.0. The van der Waals surface area contributed by atoms with Crippen molar-refractivity contribution in [2.24, 2.45) is 11.8 Å². The summed E-state index contributed by atoms with van der Waals surface area (Å²) in [6, 6.07) is 0. The smallest absolute Gasteiger partial charge is 0.458 e. The van der Waals surface area contributed by atoms with Crippen molar-refractivity contribution in [3.63, 3.8) is 0 Å². The monoisotopic (exact) mass is 686 g/mol. The van der Waals surface area contributed by atoms with E-state index in [0.717, 1.165) is 48.5 Å². The average molecular weight is 686 g/mol. The first-order chi connectivity index (χ1) is 19.6. The number of hydrogen-bond acceptors (Lipinski definition) is 8. The molecule has 0 N–H and O–H groups in total. The fourth-order valence-electron chi connectivity index (χ4n) is 4.58. The van der Waals surface area contributed by atoms with Crippen LogP contribution >= 0.6 is 0 Å². The Hall–Kier alpha value is -3.09. The van der Waals surface area contributed by atoms with Crippen molar-refractivity contribution in [1.82, 2.24) is 0 Å². The lowest BCUT2D eigenvalue weighted by Crippen LogP contribution is -2.69. The molecule has 0 heterocycles. The van der Waals surface area contributed by atoms with E-state index in [1.54, 1.807) is 0 Å². The number of carbonyl (C=O) groups excluding carboxylic acids is 3. The van der Waals surface area contributed by atoms with E-state index < -0.39 is 102 Å². The van der Waals surface area contributed by atoms with Gasteiger partial charge in [-0.15, -0.1) is 0 Å². The van der Waals surface area contributed by atoms with Crippen LogP contribution in [0.3, 0.4) is 0 Å². The third-order valence-electron chi connectivity index (χ3n) is 6.17. The minimum absolute atomic E-state index is 0.719. The molecule has 0 aromatic heterocycles. The SMILES string of the molecule is C=C(C)C(=O)OC1C(C(OC(=O)OC(C)(C)C)(C(F)(F)F)C(F)(F)F)CCC1C(OC(=O)OC(C)(C)C)(C(F)(F)F)C(F)(F)F. The molecule has 2 atom stereocenters. The van der Waals surface area contributed by atoms with E-state index in [2.05, 4.69) is 30.3 Å². The van der Waals surface area contributed by atoms with E-state index in [9.17, 15) is 67.1 Å². The molecule has 1 saturated carbocycles. The average Bonchev–Trinajstić information content (AvgIpc) is 3.12. The van der Waals surface area contributed by atoms with E-state index in [0.29, 0.717) is 0 Å². The molecule has 0 bridgehead atoms. The summed E-state index contributed by atoms with van der Waals surface area (Å²) < 4.78 is 195. The van der Waals surface area contributed by atoms with E-state index in [-0.39, 0.29) is 0 Å². The summed E-state index contributed by atoms with van der Waals surface area (Å²) >= 11 is 0. The third kappa shape index (κ3) is 8.39. The molecule has 20 heteroatoms. The molecule has 1 fully saturated rings. The summed E-state index contributed by atoms with van der Waals surface area (Å²) in [5.74, 6) is -9.52. The number of ether oxygens (including phenoxy) is 5. The molecule has 0 aliphatic heterocycles. The first-order valence-electron chi connectivity index (χ1n) is 12.6. The van der Waals surface area contributed by atoms with Gasteiger partial charge in [-0.3, -0.25) is 0 Å². The highest BCUT2D eigenvalue weighted by Gasteiger charge is 2.85. The molecule has 1 aliphatic rings. The van der Waals surface area contributed by atoms with Gasteiger partial charge in [0.15, 0.2) is 0 Å². The summed E-state index contributed by atoms with van der Waals surface area (Å²) in [5, 5.41) is 0. The predicted molar refractivity (Wildman–Crippen MR) is 125 cm³/mol. The van der Waals surface area contributed by atoms with E-state index in [1.165, 1.54) is 0 Å². The Labute approximate surface area is 248 Å². The second-order valence-electron chi connectivity index (χ2n) is 12.0. The first kappa shape index (κ1) is 39.9. The zero-order valence-electron chi connectivity index (χ0n) is 24.7. The van der Waals surface area contributed by atoms with Crippen molar-refractivity contribution in [2.75, 3.05) is 0 Å². The van der Waals surface area contributed by atoms with Crippen molar-refractivity contribution in [2.45, 2.75) is 115 Å². The number of hydrogen-bond donors (Lipinski definition) is 0. The van der Waals surface area contributed by atoms with Crippen LogP contribution in [0.5, 0.6) is 0 Å². The molecule has 262 valence electrons. The number of alkyl halides is 12. The maximum Gasteiger partial charge on any atom is 0.510 e. The maximum atomic E-state index is 14.5. The Morgan fingerprint density at radius 3 is 1.02 bits per heavy atom. The molecule has 0 aromatic carbocycles. The van der Waals surface area contributed by atoms with Gasteiger partial charge in [-0.1, -0.05) is 6.58 Å². The van der Waals surface area contributed by atoms with Crippen molar-refractivity contribution in [3.8, 4) is 0 Å². The fraction of sp³-hybridized carbons (Fsp3) is 0.800. The number of esters is 1. The zero-order valence-corrected chi connectivity index (χ0v) is 24.7. The molecule has 2 unspecified atom stereocenters. The molecule has 0 aromatic rings. The van der Waals surface area contributed by atoms with Gasteiger partial charge in [0.25, 0.3) is 0 Å². The highest BCUT2D eigenvalue weighted by Crippen LogP contribution is 2.62. The van der Waals surface area contributed by atoms with Gasteiger partial charge in [0.2, 0.25) is 0 Å². The standard InChI is InChI=1S/C25H30F12O8/c1-11(2)15(38)41-14-12(20(22(26,27)28,23(29,30)31)44-16(39)42-18(3,4)5)9-10-13(14)21(24(32,33)34,25(35,36)37)45-17(40)43-19(6,7)8/h12-14H,1,9-10H2,2-8H3. The molecular weight excluding hydrogens is 656 g/mol. The van der Waals surface area contributed by atoms with Crippen LogP contribution in [-0.4, -0.2) is 71.5 Å². The van der Waals surface area contributed by atoms with Crippen LogP contribution in [0.1, 0.15) is 61.3 Å². The summed E-state index contributed by atoms with van der Waals surface area (Å²) in [5.41, 5.74) is -16.4. The van der Waals surface area contributed by atoms with Gasteiger partial charge in [-0.2, -0.15) is 52.7 Å². The van der Waals surface area contributed by atoms with Gasteiger partial charge in [0.05, 0.1) is 11.8 Å². The third-order valence-corrected chi connectivity index (χ3v) is 6.17. The van der Waals surface area contributed by atoms with Gasteiger partial charge in [0, 0.05) is 5.57 Å². The van der Waals surface area contributed by atoms with Crippen LogP contribution < -0.4 is 0 Å². The Morgan fingerprint density at radius 1 is 0.556 bits per heavy atom. The normalized spacial score (nSPS) is 20.7. The molecule has 8 nitrogen and oxygen atoms in total. The van der Waals surface area contributed by atoms with E-state index in [1.807, 2.05) is 0 Å². The van der Waals surface area contributed by atoms with Crippen molar-refractivity contribution >= 4 is 18.3 Å². The molecule has 0 radical (unpaired) electrons. The summed E-state index contributed by atoms with van der Waals surface area (Å²) in [6.07, 6.45) is -40.2. The summed E-state index contributed by atoms with van der Waals surface area (Å²) in [4.78, 5) is 36.8. The maximum absolute atomic E-state index is 14.5. The Morgan fingerprint density at radius 2 is 0.822 bits per heavy atom. The van der Waals surface area contributed by atoms with E-state index in [4.69, 9.17) is 0 Å². The van der Waals surface area contributed by atoms with Crippen LogP contribution in [-0.2, 0) is 28.5 Å². The highest BCUT2D eigenvalue weighted by molar-refractivity contribution is 5.87. The number of carbonyl (C=O) groups is 3. The van der Waals surface area contributed by atoms with Crippen molar-refractivity contribution in [1.29, 1.82) is 0 Å². The molecule has 0 spiro atoms. The summed E-state index contributed by atoms with van der Waals surface area (Å²) in [6.45, 7) is 9.58. The first-order valence-corrected chi connectivity index (χ1v) is 12.6. The molecule has 1 aliphatic carbocycles. The highest BCUT2D eigenvalue weighted by atomic mass is 19.4. The van der Waals surface area contributed by atoms with Gasteiger partial charge in [-0.25, -0.2) is 14.4 Å². The van der Waals surface area contributed by atoms with Crippen LogP contribution in [0.25, 0.3) is 0 Å². The number of halogens is 12. The predicted octanol–water partition coefficient (Wildman–Crippen LogP) is 8.13. The topological polar surface area (TPSA) is 97.4 Å². The van der Waals surface area contributed by atoms with Crippen LogP contribution in [0.4, 0.5) is 62.3 Å². The van der Waals surface area contributed by atoms with E-state index >= 15 is 0 Å². The second kappa shape index (κ2) is 12.3. The van der Waals surface area contributed by atoms with Crippen LogP contribution in [0.2, 0.25) is 0 Å². The zero-order chi connectivity index (χ0) is 36.0. The number of rotatable bonds is 6. The molecular formula is C25H30F12O8. The van der Waals surface area contributed by atoms with Gasteiger partial charge < -0.3 is 23.7 Å². The molecule has 0 amide bonds. The van der Waals surface area contributed by atoms with Crippen LogP contribution in [0, 0.1) is 11.8 Å². The van der Waals surface area contributed by atoms with Crippen molar-refractivity contribution in [3.05, 3.63) is 12.2 Å². The Balaban J connectivity index is 4.22. The summed E-state index contributed by atoms with van der Waals surface area (Å²) in [7, 11) is 0. The quantitative estimate of drug-likeness (QED) is 0.120. The van der Waals surface area contributed by atoms with Gasteiger partial charge in [0.1, 0.15) is 17.3 Å². The van der Waals surface area contributed by atoms with Gasteiger partial charge in [-0.05, 0) is 61.3 Å². The Kier molecular flexibility index (Phi) is 10.9. The molecule has 1 rings (SSSR count). The molecule has 45 heavy (non-hydrogen) atoms. The largest absolute Gasteiger partial charge is 0.510 e. The van der Waals surface area contributed by atoms with Crippen LogP contribution in [0.15, 0.2) is 12.2 Å². The Bertz CT molecular complexity index is 1020.